The number of carboxylic acid groups (broad SMARTS) is 1. The molecule has 0 bridgehead atoms. The molecule has 10 heteroatoms. The average Bonchev–Trinajstić information content (AvgIpc) is 2.73. The summed E-state index contributed by atoms with van der Waals surface area (Å²) in [7, 11) is -4.30. The Morgan fingerprint density at radius 2 is 1.78 bits per heavy atom. The van der Waals surface area contributed by atoms with Crippen molar-refractivity contribution in [3.8, 4) is 11.3 Å². The van der Waals surface area contributed by atoms with Gasteiger partial charge in [0.25, 0.3) is 0 Å². The van der Waals surface area contributed by atoms with E-state index in [1.807, 2.05) is 0 Å². The summed E-state index contributed by atoms with van der Waals surface area (Å²) in [5.41, 5.74) is -1.76. The second-order valence-corrected chi connectivity index (χ2v) is 8.90. The number of sulfone groups is 1. The van der Waals surface area contributed by atoms with Gasteiger partial charge in [-0.05, 0) is 53.9 Å². The molecular formula is C22H17F4NO4S. The third-order valence-corrected chi connectivity index (χ3v) is 6.56. The Hall–Kier alpha value is -3.27. The normalized spacial score (nSPS) is 12.0. The first-order chi connectivity index (χ1) is 14.9. The highest BCUT2D eigenvalue weighted by Crippen LogP contribution is 2.35. The SMILES string of the molecule is CCc1ccc(C(=O)O)cc1S(=O)(=O)Cc1cc(C(F)(F)F)ccc1-c1ncccc1F. The molecule has 1 N–H and O–H groups in total. The number of carboxylic acids is 1. The van der Waals surface area contributed by atoms with Crippen molar-refractivity contribution < 1.29 is 35.9 Å². The summed E-state index contributed by atoms with van der Waals surface area (Å²) in [5.74, 6) is -3.08. The third-order valence-electron chi connectivity index (χ3n) is 4.82. The highest BCUT2D eigenvalue weighted by atomic mass is 32.2. The Morgan fingerprint density at radius 3 is 2.38 bits per heavy atom. The van der Waals surface area contributed by atoms with Gasteiger partial charge in [0, 0.05) is 11.8 Å². The van der Waals surface area contributed by atoms with Crippen LogP contribution in [0, 0.1) is 5.82 Å². The molecule has 0 unspecified atom stereocenters. The first-order valence-electron chi connectivity index (χ1n) is 9.34. The number of hydrogen-bond donors (Lipinski definition) is 1. The minimum Gasteiger partial charge on any atom is -0.478 e. The second kappa shape index (κ2) is 8.70. The molecule has 0 saturated carbocycles. The third kappa shape index (κ3) is 4.80. The van der Waals surface area contributed by atoms with Crippen LogP contribution in [0.5, 0.6) is 0 Å². The molecule has 32 heavy (non-hydrogen) atoms. The van der Waals surface area contributed by atoms with Crippen LogP contribution in [0.1, 0.15) is 34.0 Å². The molecule has 0 aliphatic heterocycles. The first kappa shape index (κ1) is 23.4. The van der Waals surface area contributed by atoms with Crippen molar-refractivity contribution in [2.45, 2.75) is 30.2 Å². The number of nitrogens with zero attached hydrogens (tertiary/aromatic N) is 1. The summed E-state index contributed by atoms with van der Waals surface area (Å²) < 4.78 is 80.6. The molecule has 0 aliphatic carbocycles. The van der Waals surface area contributed by atoms with Gasteiger partial charge in [0.15, 0.2) is 9.84 Å². The van der Waals surface area contributed by atoms with E-state index in [9.17, 15) is 35.9 Å². The smallest absolute Gasteiger partial charge is 0.416 e. The molecule has 0 amide bonds. The van der Waals surface area contributed by atoms with E-state index in [0.29, 0.717) is 11.6 Å². The molecule has 2 aromatic carbocycles. The molecule has 3 aromatic rings. The van der Waals surface area contributed by atoms with Gasteiger partial charge in [0.1, 0.15) is 11.5 Å². The lowest BCUT2D eigenvalue weighted by Crippen LogP contribution is -2.12. The Morgan fingerprint density at radius 1 is 1.06 bits per heavy atom. The molecule has 0 aliphatic rings. The van der Waals surface area contributed by atoms with Crippen molar-refractivity contribution in [2.75, 3.05) is 0 Å². The van der Waals surface area contributed by atoms with Gasteiger partial charge in [-0.3, -0.25) is 4.98 Å². The van der Waals surface area contributed by atoms with Crippen LogP contribution in [0.4, 0.5) is 17.6 Å². The molecule has 0 radical (unpaired) electrons. The van der Waals surface area contributed by atoms with Crippen LogP contribution in [0.3, 0.4) is 0 Å². The number of aromatic carboxylic acids is 1. The van der Waals surface area contributed by atoms with Crippen molar-refractivity contribution in [3.63, 3.8) is 0 Å². The monoisotopic (exact) mass is 467 g/mol. The molecule has 0 atom stereocenters. The summed E-state index contributed by atoms with van der Waals surface area (Å²) in [4.78, 5) is 14.8. The van der Waals surface area contributed by atoms with Crippen molar-refractivity contribution in [3.05, 3.63) is 82.8 Å². The second-order valence-electron chi connectivity index (χ2n) is 6.94. The fraction of sp³-hybridized carbons (Fsp3) is 0.182. The quantitative estimate of drug-likeness (QED) is 0.508. The van der Waals surface area contributed by atoms with E-state index >= 15 is 0 Å². The molecule has 5 nitrogen and oxygen atoms in total. The summed E-state index contributed by atoms with van der Waals surface area (Å²) in [6.45, 7) is 1.66. The van der Waals surface area contributed by atoms with Crippen LogP contribution in [0.15, 0.2) is 59.6 Å². The zero-order chi connectivity index (χ0) is 23.7. The number of alkyl halides is 3. The number of rotatable bonds is 6. The maximum atomic E-state index is 14.3. The summed E-state index contributed by atoms with van der Waals surface area (Å²) in [5, 5.41) is 9.21. The zero-order valence-corrected chi connectivity index (χ0v) is 17.5. The maximum Gasteiger partial charge on any atom is 0.416 e. The van der Waals surface area contributed by atoms with Crippen LogP contribution in [-0.4, -0.2) is 24.5 Å². The molecule has 3 rings (SSSR count). The van der Waals surface area contributed by atoms with Gasteiger partial charge in [-0.1, -0.05) is 19.1 Å². The lowest BCUT2D eigenvalue weighted by atomic mass is 10.0. The number of benzene rings is 2. The molecule has 0 spiro atoms. The predicted octanol–water partition coefficient (Wildman–Crippen LogP) is 5.14. The van der Waals surface area contributed by atoms with Crippen LogP contribution in [-0.2, 0) is 28.2 Å². The Kier molecular flexibility index (Phi) is 6.36. The number of hydrogen-bond acceptors (Lipinski definition) is 4. The molecule has 1 aromatic heterocycles. The van der Waals surface area contributed by atoms with Crippen molar-refractivity contribution >= 4 is 15.8 Å². The van der Waals surface area contributed by atoms with Crippen molar-refractivity contribution in [1.29, 1.82) is 0 Å². The van der Waals surface area contributed by atoms with Crippen LogP contribution < -0.4 is 0 Å². The molecule has 0 fully saturated rings. The van der Waals surface area contributed by atoms with Crippen molar-refractivity contribution in [2.24, 2.45) is 0 Å². The number of aryl methyl sites for hydroxylation is 1. The standard InChI is InChI=1S/C22H17F4NO4S/c1-2-13-5-6-14(21(28)29)11-19(13)32(30,31)12-15-10-16(22(24,25)26)7-8-17(15)20-18(23)4-3-9-27-20/h3-11H,2,12H2,1H3,(H,28,29). The number of pyridine rings is 1. The van der Waals surface area contributed by atoms with Crippen LogP contribution in [0.2, 0.25) is 0 Å². The van der Waals surface area contributed by atoms with E-state index in [1.54, 1.807) is 6.92 Å². The van der Waals surface area contributed by atoms with Crippen LogP contribution in [0.25, 0.3) is 11.3 Å². The lowest BCUT2D eigenvalue weighted by Gasteiger charge is -2.16. The van der Waals surface area contributed by atoms with E-state index in [4.69, 9.17) is 0 Å². The predicted molar refractivity (Wildman–Crippen MR) is 108 cm³/mol. The zero-order valence-electron chi connectivity index (χ0n) is 16.6. The Labute approximate surface area is 181 Å². The molecule has 1 heterocycles. The van der Waals surface area contributed by atoms with Crippen molar-refractivity contribution in [1.82, 2.24) is 4.98 Å². The highest BCUT2D eigenvalue weighted by Gasteiger charge is 2.32. The topological polar surface area (TPSA) is 84.3 Å². The number of carbonyl (C=O) groups is 1. The maximum absolute atomic E-state index is 14.3. The van der Waals surface area contributed by atoms with Gasteiger partial charge in [-0.15, -0.1) is 0 Å². The van der Waals surface area contributed by atoms with Gasteiger partial charge in [0.05, 0.1) is 21.8 Å². The van der Waals surface area contributed by atoms with E-state index in [2.05, 4.69) is 4.98 Å². The minimum atomic E-state index is -4.75. The van der Waals surface area contributed by atoms with Crippen LogP contribution >= 0.6 is 0 Å². The van der Waals surface area contributed by atoms with E-state index in [-0.39, 0.29) is 33.7 Å². The lowest BCUT2D eigenvalue weighted by molar-refractivity contribution is -0.137. The summed E-state index contributed by atoms with van der Waals surface area (Å²) >= 11 is 0. The molecule has 168 valence electrons. The molecule has 0 saturated heterocycles. The fourth-order valence-electron chi connectivity index (χ4n) is 3.26. The van der Waals surface area contributed by atoms with Gasteiger partial charge in [-0.2, -0.15) is 13.2 Å². The Balaban J connectivity index is 2.20. The van der Waals surface area contributed by atoms with E-state index in [0.717, 1.165) is 24.3 Å². The first-order valence-corrected chi connectivity index (χ1v) is 11.0. The number of aromatic nitrogens is 1. The minimum absolute atomic E-state index is 0.105. The van der Waals surface area contributed by atoms with Gasteiger partial charge in [0.2, 0.25) is 0 Å². The van der Waals surface area contributed by atoms with Gasteiger partial charge < -0.3 is 5.11 Å². The summed E-state index contributed by atoms with van der Waals surface area (Å²) in [6, 6.07) is 8.28. The van der Waals surface area contributed by atoms with E-state index < -0.39 is 39.1 Å². The summed E-state index contributed by atoms with van der Waals surface area (Å²) in [6.07, 6.45) is -3.27. The number of halogens is 4. The van der Waals surface area contributed by atoms with E-state index in [1.165, 1.54) is 24.4 Å². The fourth-order valence-corrected chi connectivity index (χ4v) is 4.98. The Bertz CT molecular complexity index is 1290. The highest BCUT2D eigenvalue weighted by molar-refractivity contribution is 7.90. The van der Waals surface area contributed by atoms with Gasteiger partial charge in [-0.25, -0.2) is 17.6 Å². The largest absolute Gasteiger partial charge is 0.478 e. The molecular weight excluding hydrogens is 450 g/mol. The average molecular weight is 467 g/mol. The van der Waals surface area contributed by atoms with Gasteiger partial charge >= 0.3 is 12.1 Å².